The standard InChI is InChI=1S/C15H21N3O2/c1-10-9-11(3-6-13(10)16-2)15(20)17-8-7-14(19)18-12-4-5-12/h3,6,9,12,16H,4-5,7-8H2,1-2H3,(H,17,20)(H,18,19). The maximum atomic E-state index is 11.9. The van der Waals surface area contributed by atoms with E-state index in [-0.39, 0.29) is 11.8 Å². The SMILES string of the molecule is CNc1ccc(C(=O)NCCC(=O)NC2CC2)cc1C. The predicted octanol–water partition coefficient (Wildman–Crippen LogP) is 1.44. The van der Waals surface area contributed by atoms with Crippen LogP contribution < -0.4 is 16.0 Å². The Morgan fingerprint density at radius 2 is 2.05 bits per heavy atom. The minimum absolute atomic E-state index is 0.00881. The Labute approximate surface area is 119 Å². The van der Waals surface area contributed by atoms with Crippen molar-refractivity contribution in [2.75, 3.05) is 18.9 Å². The maximum Gasteiger partial charge on any atom is 0.251 e. The molecular weight excluding hydrogens is 254 g/mol. The van der Waals surface area contributed by atoms with Crippen LogP contribution in [0.4, 0.5) is 5.69 Å². The summed E-state index contributed by atoms with van der Waals surface area (Å²) in [7, 11) is 1.85. The molecule has 2 rings (SSSR count). The van der Waals surface area contributed by atoms with E-state index in [0.717, 1.165) is 24.1 Å². The van der Waals surface area contributed by atoms with Gasteiger partial charge in [-0.3, -0.25) is 9.59 Å². The average molecular weight is 275 g/mol. The van der Waals surface area contributed by atoms with E-state index in [2.05, 4.69) is 16.0 Å². The summed E-state index contributed by atoms with van der Waals surface area (Å²) in [6.45, 7) is 2.32. The van der Waals surface area contributed by atoms with Gasteiger partial charge in [-0.2, -0.15) is 0 Å². The molecule has 0 bridgehead atoms. The van der Waals surface area contributed by atoms with Crippen LogP contribution in [-0.2, 0) is 4.79 Å². The molecule has 108 valence electrons. The summed E-state index contributed by atoms with van der Waals surface area (Å²) in [4.78, 5) is 23.4. The van der Waals surface area contributed by atoms with Crippen molar-refractivity contribution in [3.05, 3.63) is 29.3 Å². The lowest BCUT2D eigenvalue weighted by Crippen LogP contribution is -2.31. The molecule has 0 aliphatic heterocycles. The Hall–Kier alpha value is -2.04. The van der Waals surface area contributed by atoms with Gasteiger partial charge in [0.15, 0.2) is 0 Å². The van der Waals surface area contributed by atoms with Gasteiger partial charge in [-0.25, -0.2) is 0 Å². The third-order valence-corrected chi connectivity index (χ3v) is 3.34. The van der Waals surface area contributed by atoms with Crippen LogP contribution in [0.3, 0.4) is 0 Å². The molecule has 2 amide bonds. The van der Waals surface area contributed by atoms with Gasteiger partial charge in [-0.1, -0.05) is 0 Å². The lowest BCUT2D eigenvalue weighted by molar-refractivity contribution is -0.121. The summed E-state index contributed by atoms with van der Waals surface area (Å²) < 4.78 is 0. The molecule has 5 nitrogen and oxygen atoms in total. The first-order chi connectivity index (χ1) is 9.60. The van der Waals surface area contributed by atoms with Gasteiger partial charge in [-0.05, 0) is 43.5 Å². The second kappa shape index (κ2) is 6.41. The third kappa shape index (κ3) is 3.98. The predicted molar refractivity (Wildman–Crippen MR) is 78.8 cm³/mol. The minimum Gasteiger partial charge on any atom is -0.388 e. The van der Waals surface area contributed by atoms with Crippen molar-refractivity contribution in [2.24, 2.45) is 0 Å². The van der Waals surface area contributed by atoms with Crippen molar-refractivity contribution in [3.63, 3.8) is 0 Å². The van der Waals surface area contributed by atoms with E-state index in [1.807, 2.05) is 26.1 Å². The molecule has 0 spiro atoms. The smallest absolute Gasteiger partial charge is 0.251 e. The summed E-state index contributed by atoms with van der Waals surface area (Å²) >= 11 is 0. The summed E-state index contributed by atoms with van der Waals surface area (Å²) in [6.07, 6.45) is 2.49. The van der Waals surface area contributed by atoms with E-state index < -0.39 is 0 Å². The van der Waals surface area contributed by atoms with E-state index in [9.17, 15) is 9.59 Å². The Balaban J connectivity index is 1.78. The molecule has 3 N–H and O–H groups in total. The van der Waals surface area contributed by atoms with Crippen LogP contribution in [0.1, 0.15) is 35.2 Å². The molecule has 0 heterocycles. The molecule has 1 aliphatic carbocycles. The van der Waals surface area contributed by atoms with Crippen molar-refractivity contribution in [1.82, 2.24) is 10.6 Å². The number of carbonyl (C=O) groups excluding carboxylic acids is 2. The van der Waals surface area contributed by atoms with E-state index in [1.165, 1.54) is 0 Å². The van der Waals surface area contributed by atoms with Gasteiger partial charge in [0.05, 0.1) is 0 Å². The number of aryl methyl sites for hydroxylation is 1. The summed E-state index contributed by atoms with van der Waals surface area (Å²) in [5.74, 6) is -0.135. The second-order valence-corrected chi connectivity index (χ2v) is 5.13. The first-order valence-electron chi connectivity index (χ1n) is 6.96. The van der Waals surface area contributed by atoms with Gasteiger partial charge in [0.1, 0.15) is 0 Å². The van der Waals surface area contributed by atoms with E-state index in [0.29, 0.717) is 24.6 Å². The average Bonchev–Trinajstić information content (AvgIpc) is 3.22. The van der Waals surface area contributed by atoms with Crippen molar-refractivity contribution >= 4 is 17.5 Å². The molecule has 0 aromatic heterocycles. The zero-order valence-electron chi connectivity index (χ0n) is 12.0. The quantitative estimate of drug-likeness (QED) is 0.735. The third-order valence-electron chi connectivity index (χ3n) is 3.34. The first kappa shape index (κ1) is 14.4. The highest BCUT2D eigenvalue weighted by molar-refractivity contribution is 5.95. The molecule has 1 aliphatic rings. The monoisotopic (exact) mass is 275 g/mol. The number of benzene rings is 1. The van der Waals surface area contributed by atoms with Gasteiger partial charge in [-0.15, -0.1) is 0 Å². The largest absolute Gasteiger partial charge is 0.388 e. The summed E-state index contributed by atoms with van der Waals surface area (Å²) in [5, 5.41) is 8.72. The van der Waals surface area contributed by atoms with Crippen molar-refractivity contribution in [3.8, 4) is 0 Å². The summed E-state index contributed by atoms with van der Waals surface area (Å²) in [6, 6.07) is 5.86. The first-order valence-corrected chi connectivity index (χ1v) is 6.96. The van der Waals surface area contributed by atoms with Crippen molar-refractivity contribution in [1.29, 1.82) is 0 Å². The topological polar surface area (TPSA) is 70.2 Å². The number of nitrogens with one attached hydrogen (secondary N) is 3. The van der Waals surface area contributed by atoms with E-state index in [1.54, 1.807) is 6.07 Å². The highest BCUT2D eigenvalue weighted by atomic mass is 16.2. The van der Waals surface area contributed by atoms with Gasteiger partial charge < -0.3 is 16.0 Å². The number of hydrogen-bond acceptors (Lipinski definition) is 3. The van der Waals surface area contributed by atoms with Crippen LogP contribution in [0.25, 0.3) is 0 Å². The Bertz CT molecular complexity index is 510. The molecule has 1 aromatic rings. The van der Waals surface area contributed by atoms with E-state index >= 15 is 0 Å². The minimum atomic E-state index is -0.144. The molecule has 0 saturated heterocycles. The molecule has 1 aromatic carbocycles. The number of carbonyl (C=O) groups is 2. The van der Waals surface area contributed by atoms with Crippen LogP contribution in [0.15, 0.2) is 18.2 Å². The number of hydrogen-bond donors (Lipinski definition) is 3. The fraction of sp³-hybridized carbons (Fsp3) is 0.467. The highest BCUT2D eigenvalue weighted by Gasteiger charge is 2.22. The van der Waals surface area contributed by atoms with Gasteiger partial charge >= 0.3 is 0 Å². The normalized spacial score (nSPS) is 13.7. The Morgan fingerprint density at radius 1 is 1.30 bits per heavy atom. The van der Waals surface area contributed by atoms with Crippen molar-refractivity contribution in [2.45, 2.75) is 32.2 Å². The van der Waals surface area contributed by atoms with Crippen molar-refractivity contribution < 1.29 is 9.59 Å². The van der Waals surface area contributed by atoms with Gasteiger partial charge in [0.2, 0.25) is 5.91 Å². The number of anilines is 1. The van der Waals surface area contributed by atoms with Crippen LogP contribution in [0.5, 0.6) is 0 Å². The molecule has 1 fully saturated rings. The van der Waals surface area contributed by atoms with E-state index in [4.69, 9.17) is 0 Å². The zero-order valence-corrected chi connectivity index (χ0v) is 12.0. The molecular formula is C15H21N3O2. The molecule has 0 atom stereocenters. The van der Waals surface area contributed by atoms with Crippen LogP contribution in [0.2, 0.25) is 0 Å². The Kier molecular flexibility index (Phi) is 4.61. The van der Waals surface area contributed by atoms with Crippen LogP contribution in [-0.4, -0.2) is 31.4 Å². The molecule has 20 heavy (non-hydrogen) atoms. The fourth-order valence-corrected chi connectivity index (χ4v) is 2.00. The van der Waals surface area contributed by atoms with Gasteiger partial charge in [0, 0.05) is 37.3 Å². The molecule has 0 radical (unpaired) electrons. The lowest BCUT2D eigenvalue weighted by atomic mass is 10.1. The maximum absolute atomic E-state index is 11.9. The molecule has 0 unspecified atom stereocenters. The highest BCUT2D eigenvalue weighted by Crippen LogP contribution is 2.18. The lowest BCUT2D eigenvalue weighted by Gasteiger charge is -2.09. The summed E-state index contributed by atoms with van der Waals surface area (Å²) in [5.41, 5.74) is 2.64. The zero-order chi connectivity index (χ0) is 14.5. The van der Waals surface area contributed by atoms with Gasteiger partial charge in [0.25, 0.3) is 5.91 Å². The molecule has 5 heteroatoms. The van der Waals surface area contributed by atoms with Crippen LogP contribution in [0, 0.1) is 6.92 Å². The second-order valence-electron chi connectivity index (χ2n) is 5.13. The fourth-order valence-electron chi connectivity index (χ4n) is 2.00. The Morgan fingerprint density at radius 3 is 2.65 bits per heavy atom. The number of rotatable bonds is 6. The van der Waals surface area contributed by atoms with Crippen LogP contribution >= 0.6 is 0 Å². The molecule has 1 saturated carbocycles. The number of amides is 2.